The van der Waals surface area contributed by atoms with Crippen molar-refractivity contribution < 1.29 is 14.7 Å². The molecule has 1 aliphatic heterocycles. The Balaban J connectivity index is 2.28. The summed E-state index contributed by atoms with van der Waals surface area (Å²) >= 11 is 6.23. The molecule has 25 heavy (non-hydrogen) atoms. The van der Waals surface area contributed by atoms with Gasteiger partial charge in [0, 0.05) is 26.2 Å². The number of benzene rings is 1. The largest absolute Gasteiger partial charge is 0.477 e. The first-order valence-electron chi connectivity index (χ1n) is 7.82. The molecule has 0 radical (unpaired) electrons. The number of aromatic carboxylic acids is 1. The number of aromatic nitrogens is 1. The first-order chi connectivity index (χ1) is 11.8. The van der Waals surface area contributed by atoms with Crippen molar-refractivity contribution in [3.8, 4) is 5.69 Å². The number of hydrogen-bond acceptors (Lipinski definition) is 3. The molecule has 0 spiro atoms. The fraction of sp³-hybridized carbons (Fsp3) is 0.278. The van der Waals surface area contributed by atoms with Crippen LogP contribution in [-0.2, 0) is 17.8 Å². The first kappa shape index (κ1) is 17.2. The topological polar surface area (TPSA) is 79.6 Å². The summed E-state index contributed by atoms with van der Waals surface area (Å²) in [6, 6.07) is 5.21. The fourth-order valence-corrected chi connectivity index (χ4v) is 3.34. The van der Waals surface area contributed by atoms with E-state index in [1.54, 1.807) is 23.2 Å². The average Bonchev–Trinajstić information content (AvgIpc) is 2.55. The number of rotatable bonds is 2. The molecule has 6 nitrogen and oxygen atoms in total. The number of aryl methyl sites for hydroxylation is 1. The SMILES string of the molecule is CC(=O)N1CCc2c(cn(-c3cc(C)ccc3Cl)c(=O)c2C(=O)O)C1. The van der Waals surface area contributed by atoms with E-state index in [1.165, 1.54) is 11.5 Å². The quantitative estimate of drug-likeness (QED) is 0.891. The number of nitrogens with zero attached hydrogens (tertiary/aromatic N) is 2. The number of carbonyl (C=O) groups is 2. The third-order valence-electron chi connectivity index (χ3n) is 4.42. The fourth-order valence-electron chi connectivity index (χ4n) is 3.13. The molecule has 1 N–H and O–H groups in total. The molecule has 1 aromatic carbocycles. The van der Waals surface area contributed by atoms with Gasteiger partial charge in [0.2, 0.25) is 5.91 Å². The minimum atomic E-state index is -1.27. The van der Waals surface area contributed by atoms with Gasteiger partial charge in [-0.15, -0.1) is 0 Å². The van der Waals surface area contributed by atoms with Crippen LogP contribution in [0.3, 0.4) is 0 Å². The van der Waals surface area contributed by atoms with Crippen molar-refractivity contribution in [1.29, 1.82) is 0 Å². The molecule has 2 heterocycles. The Bertz CT molecular complexity index is 949. The molecule has 1 aliphatic rings. The van der Waals surface area contributed by atoms with E-state index in [-0.39, 0.29) is 18.0 Å². The predicted molar refractivity (Wildman–Crippen MR) is 93.5 cm³/mol. The summed E-state index contributed by atoms with van der Waals surface area (Å²) in [5, 5.41) is 9.92. The van der Waals surface area contributed by atoms with Gasteiger partial charge in [-0.1, -0.05) is 17.7 Å². The van der Waals surface area contributed by atoms with Crippen LogP contribution in [-0.4, -0.2) is 33.0 Å². The molecular formula is C18H17ClN2O4. The van der Waals surface area contributed by atoms with Gasteiger partial charge in [-0.2, -0.15) is 0 Å². The summed E-state index contributed by atoms with van der Waals surface area (Å²) in [6.45, 7) is 4.00. The molecule has 3 rings (SSSR count). The number of hydrogen-bond donors (Lipinski definition) is 1. The van der Waals surface area contributed by atoms with Crippen molar-refractivity contribution in [1.82, 2.24) is 9.47 Å². The highest BCUT2D eigenvalue weighted by Crippen LogP contribution is 2.25. The highest BCUT2D eigenvalue weighted by molar-refractivity contribution is 6.32. The second kappa shape index (κ2) is 6.37. The van der Waals surface area contributed by atoms with Crippen LogP contribution in [0.15, 0.2) is 29.2 Å². The van der Waals surface area contributed by atoms with Gasteiger partial charge < -0.3 is 10.0 Å². The lowest BCUT2D eigenvalue weighted by atomic mass is 9.96. The minimum absolute atomic E-state index is 0.0890. The monoisotopic (exact) mass is 360 g/mol. The van der Waals surface area contributed by atoms with Crippen LogP contribution in [0.25, 0.3) is 5.69 Å². The highest BCUT2D eigenvalue weighted by Gasteiger charge is 2.27. The zero-order valence-corrected chi connectivity index (χ0v) is 14.6. The lowest BCUT2D eigenvalue weighted by molar-refractivity contribution is -0.129. The summed E-state index contributed by atoms with van der Waals surface area (Å²) in [7, 11) is 0. The summed E-state index contributed by atoms with van der Waals surface area (Å²) in [5.41, 5.74) is 1.60. The molecule has 0 atom stereocenters. The van der Waals surface area contributed by atoms with Crippen LogP contribution in [0.2, 0.25) is 5.02 Å². The van der Waals surface area contributed by atoms with E-state index >= 15 is 0 Å². The van der Waals surface area contributed by atoms with E-state index in [4.69, 9.17) is 11.6 Å². The zero-order valence-electron chi connectivity index (χ0n) is 13.9. The summed E-state index contributed by atoms with van der Waals surface area (Å²) < 4.78 is 1.27. The maximum absolute atomic E-state index is 12.8. The van der Waals surface area contributed by atoms with Gasteiger partial charge in [0.15, 0.2) is 0 Å². The normalized spacial score (nSPS) is 13.5. The van der Waals surface area contributed by atoms with Crippen molar-refractivity contribution in [2.75, 3.05) is 6.54 Å². The van der Waals surface area contributed by atoms with Crippen LogP contribution >= 0.6 is 11.6 Å². The van der Waals surface area contributed by atoms with Gasteiger partial charge in [-0.3, -0.25) is 14.2 Å². The molecule has 0 bridgehead atoms. The van der Waals surface area contributed by atoms with Crippen molar-refractivity contribution >= 4 is 23.5 Å². The van der Waals surface area contributed by atoms with E-state index in [2.05, 4.69) is 0 Å². The Morgan fingerprint density at radius 2 is 2.00 bits per heavy atom. The zero-order chi connectivity index (χ0) is 18.3. The maximum Gasteiger partial charge on any atom is 0.341 e. The van der Waals surface area contributed by atoms with E-state index < -0.39 is 11.5 Å². The molecule has 0 unspecified atom stereocenters. The molecule has 1 amide bonds. The highest BCUT2D eigenvalue weighted by atomic mass is 35.5. The molecular weight excluding hydrogens is 344 g/mol. The number of halogens is 1. The van der Waals surface area contributed by atoms with Gasteiger partial charge >= 0.3 is 5.97 Å². The maximum atomic E-state index is 12.8. The van der Waals surface area contributed by atoms with Crippen molar-refractivity contribution in [2.45, 2.75) is 26.8 Å². The Hall–Kier alpha value is -2.60. The van der Waals surface area contributed by atoms with Gasteiger partial charge in [0.1, 0.15) is 5.56 Å². The Kier molecular flexibility index (Phi) is 4.39. The van der Waals surface area contributed by atoms with Crippen LogP contribution in [0, 0.1) is 6.92 Å². The van der Waals surface area contributed by atoms with Crippen LogP contribution in [0.5, 0.6) is 0 Å². The number of carboxylic acid groups (broad SMARTS) is 1. The van der Waals surface area contributed by atoms with Gasteiger partial charge in [-0.05, 0) is 42.2 Å². The molecule has 2 aromatic rings. The molecule has 7 heteroatoms. The van der Waals surface area contributed by atoms with Crippen molar-refractivity contribution in [3.05, 3.63) is 62.0 Å². The second-order valence-corrected chi connectivity index (χ2v) is 6.54. The number of carbonyl (C=O) groups excluding carboxylic acids is 1. The van der Waals surface area contributed by atoms with Gasteiger partial charge in [-0.25, -0.2) is 4.79 Å². The Morgan fingerprint density at radius 1 is 1.28 bits per heavy atom. The molecule has 1 aromatic heterocycles. The third kappa shape index (κ3) is 3.05. The smallest absolute Gasteiger partial charge is 0.341 e. The number of carboxylic acids is 1. The van der Waals surface area contributed by atoms with E-state index in [9.17, 15) is 19.5 Å². The third-order valence-corrected chi connectivity index (χ3v) is 4.74. The number of amides is 1. The van der Waals surface area contributed by atoms with Crippen LogP contribution < -0.4 is 5.56 Å². The lowest BCUT2D eigenvalue weighted by Gasteiger charge is -2.29. The molecule has 130 valence electrons. The molecule has 0 saturated carbocycles. The first-order valence-corrected chi connectivity index (χ1v) is 8.20. The van der Waals surface area contributed by atoms with Crippen molar-refractivity contribution in [2.24, 2.45) is 0 Å². The van der Waals surface area contributed by atoms with Crippen LogP contribution in [0.4, 0.5) is 0 Å². The Morgan fingerprint density at radius 3 is 2.64 bits per heavy atom. The summed E-state index contributed by atoms with van der Waals surface area (Å²) in [6.07, 6.45) is 1.94. The van der Waals surface area contributed by atoms with E-state index in [0.29, 0.717) is 34.8 Å². The van der Waals surface area contributed by atoms with Gasteiger partial charge in [0.25, 0.3) is 5.56 Å². The molecule has 0 aliphatic carbocycles. The number of fused-ring (bicyclic) bond motifs is 1. The van der Waals surface area contributed by atoms with Crippen LogP contribution in [0.1, 0.15) is 34.0 Å². The van der Waals surface area contributed by atoms with E-state index in [0.717, 1.165) is 5.56 Å². The molecule has 0 fully saturated rings. The summed E-state index contributed by atoms with van der Waals surface area (Å²) in [5.74, 6) is -1.36. The van der Waals surface area contributed by atoms with Crippen molar-refractivity contribution in [3.63, 3.8) is 0 Å². The number of pyridine rings is 1. The van der Waals surface area contributed by atoms with E-state index in [1.807, 2.05) is 13.0 Å². The standard InChI is InChI=1S/C18H17ClN2O4/c1-10-3-4-14(19)15(7-10)21-9-12-8-20(11(2)22)6-5-13(12)16(17(21)23)18(24)25/h3-4,7,9H,5-6,8H2,1-2H3,(H,24,25). The predicted octanol–water partition coefficient (Wildman–Crippen LogP) is 2.40. The molecule has 0 saturated heterocycles. The average molecular weight is 361 g/mol. The van der Waals surface area contributed by atoms with Gasteiger partial charge in [0.05, 0.1) is 10.7 Å². The minimum Gasteiger partial charge on any atom is -0.477 e. The second-order valence-electron chi connectivity index (χ2n) is 6.13. The summed E-state index contributed by atoms with van der Waals surface area (Å²) in [4.78, 5) is 37.8. The Labute approximate surface area is 149 Å². The lowest BCUT2D eigenvalue weighted by Crippen LogP contribution is -2.38.